The van der Waals surface area contributed by atoms with Gasteiger partial charge in [0.05, 0.1) is 4.75 Å². The van der Waals surface area contributed by atoms with Gasteiger partial charge in [-0.1, -0.05) is 38.3 Å². The molecule has 0 nitrogen and oxygen atoms in total. The van der Waals surface area contributed by atoms with Gasteiger partial charge in [0.15, 0.2) is 0 Å². The lowest BCUT2D eigenvalue weighted by Crippen LogP contribution is -2.39. The molecule has 0 amide bonds. The van der Waals surface area contributed by atoms with Gasteiger partial charge in [-0.15, -0.1) is 18.2 Å². The quantitative estimate of drug-likeness (QED) is 0.420. The van der Waals surface area contributed by atoms with Gasteiger partial charge >= 0.3 is 0 Å². The van der Waals surface area contributed by atoms with Crippen molar-refractivity contribution in [3.8, 4) is 12.3 Å². The van der Waals surface area contributed by atoms with Gasteiger partial charge in [0.1, 0.15) is 0 Å². The van der Waals surface area contributed by atoms with Crippen molar-refractivity contribution >= 4 is 11.8 Å². The molecule has 0 saturated heterocycles. The monoisotopic (exact) mass is 194 g/mol. The van der Waals surface area contributed by atoms with Crippen LogP contribution in [0.4, 0.5) is 0 Å². The summed E-state index contributed by atoms with van der Waals surface area (Å²) in [6, 6.07) is 0. The smallest absolute Gasteiger partial charge is 0.0847 e. The summed E-state index contributed by atoms with van der Waals surface area (Å²) >= 11 is 1.92. The molecule has 0 aromatic carbocycles. The average Bonchev–Trinajstić information content (AvgIpc) is 2.04. The number of rotatable bonds is 0. The Morgan fingerprint density at radius 1 is 1.54 bits per heavy atom. The number of terminal acetylenes is 1. The Bertz CT molecular complexity index is 262. The van der Waals surface area contributed by atoms with Crippen molar-refractivity contribution in [1.82, 2.24) is 0 Å². The summed E-state index contributed by atoms with van der Waals surface area (Å²) in [4.78, 5) is 0. The van der Waals surface area contributed by atoms with Crippen LogP contribution < -0.4 is 0 Å². The van der Waals surface area contributed by atoms with E-state index in [4.69, 9.17) is 6.42 Å². The minimum atomic E-state index is 0.00646. The Morgan fingerprint density at radius 2 is 2.15 bits per heavy atom. The first-order chi connectivity index (χ1) is 5.91. The van der Waals surface area contributed by atoms with Gasteiger partial charge in [-0.3, -0.25) is 0 Å². The summed E-state index contributed by atoms with van der Waals surface area (Å²) in [5, 5.41) is 0. The molecule has 1 atom stereocenters. The first-order valence-electron chi connectivity index (χ1n) is 4.69. The standard InChI is InChI=1S/C12H18S/c1-6-12(11(3,4)5)8-7-10(2)9-13-12/h1,7H,8-9H2,2-5H3. The van der Waals surface area contributed by atoms with E-state index in [-0.39, 0.29) is 10.2 Å². The topological polar surface area (TPSA) is 0 Å². The summed E-state index contributed by atoms with van der Waals surface area (Å²) < 4.78 is 0.00646. The molecule has 1 aliphatic rings. The zero-order valence-electron chi connectivity index (χ0n) is 8.98. The highest BCUT2D eigenvalue weighted by Gasteiger charge is 2.41. The molecule has 0 bridgehead atoms. The predicted octanol–water partition coefficient (Wildman–Crippen LogP) is 3.49. The van der Waals surface area contributed by atoms with Crippen molar-refractivity contribution in [3.63, 3.8) is 0 Å². The Balaban J connectivity index is 2.94. The number of hydrogen-bond donors (Lipinski definition) is 0. The van der Waals surface area contributed by atoms with E-state index in [1.807, 2.05) is 11.8 Å². The zero-order valence-corrected chi connectivity index (χ0v) is 9.79. The van der Waals surface area contributed by atoms with Crippen LogP contribution in [-0.2, 0) is 0 Å². The van der Waals surface area contributed by atoms with Crippen molar-refractivity contribution in [2.75, 3.05) is 5.75 Å². The van der Waals surface area contributed by atoms with Crippen molar-refractivity contribution in [3.05, 3.63) is 11.6 Å². The fourth-order valence-electron chi connectivity index (χ4n) is 1.51. The molecule has 1 heterocycles. The van der Waals surface area contributed by atoms with Gasteiger partial charge in [0, 0.05) is 5.75 Å². The van der Waals surface area contributed by atoms with Crippen LogP contribution in [0, 0.1) is 17.8 Å². The molecule has 72 valence electrons. The molecule has 0 radical (unpaired) electrons. The first kappa shape index (κ1) is 10.7. The van der Waals surface area contributed by atoms with Gasteiger partial charge in [0.25, 0.3) is 0 Å². The lowest BCUT2D eigenvalue weighted by Gasteiger charge is -2.41. The number of allylic oxidation sites excluding steroid dienone is 1. The first-order valence-corrected chi connectivity index (χ1v) is 5.67. The van der Waals surface area contributed by atoms with Gasteiger partial charge in [-0.25, -0.2) is 0 Å². The third-order valence-electron chi connectivity index (χ3n) is 2.73. The van der Waals surface area contributed by atoms with E-state index >= 15 is 0 Å². The molecular weight excluding hydrogens is 176 g/mol. The van der Waals surface area contributed by atoms with Crippen LogP contribution in [0.3, 0.4) is 0 Å². The molecule has 1 heteroatoms. The predicted molar refractivity (Wildman–Crippen MR) is 61.9 cm³/mol. The van der Waals surface area contributed by atoms with E-state index < -0.39 is 0 Å². The molecule has 0 saturated carbocycles. The van der Waals surface area contributed by atoms with Crippen LogP contribution in [0.25, 0.3) is 0 Å². The van der Waals surface area contributed by atoms with Crippen molar-refractivity contribution in [2.24, 2.45) is 5.41 Å². The second kappa shape index (κ2) is 3.42. The molecule has 1 aliphatic heterocycles. The summed E-state index contributed by atoms with van der Waals surface area (Å²) in [5.41, 5.74) is 1.64. The Hall–Kier alpha value is -0.350. The second-order valence-corrected chi connectivity index (χ2v) is 6.04. The van der Waals surface area contributed by atoms with Crippen LogP contribution in [0.15, 0.2) is 11.6 Å². The maximum Gasteiger partial charge on any atom is 0.0847 e. The lowest BCUT2D eigenvalue weighted by atomic mass is 9.78. The van der Waals surface area contributed by atoms with Crippen molar-refractivity contribution in [1.29, 1.82) is 0 Å². The fourth-order valence-corrected chi connectivity index (χ4v) is 2.82. The third kappa shape index (κ3) is 1.94. The van der Waals surface area contributed by atoms with E-state index in [1.165, 1.54) is 5.57 Å². The third-order valence-corrected chi connectivity index (χ3v) is 4.72. The minimum Gasteiger partial charge on any atom is -0.137 e. The van der Waals surface area contributed by atoms with E-state index in [9.17, 15) is 0 Å². The highest BCUT2D eigenvalue weighted by molar-refractivity contribution is 8.01. The summed E-state index contributed by atoms with van der Waals surface area (Å²) in [6.07, 6.45) is 8.98. The summed E-state index contributed by atoms with van der Waals surface area (Å²) in [7, 11) is 0. The van der Waals surface area contributed by atoms with Crippen molar-refractivity contribution < 1.29 is 0 Å². The number of thioether (sulfide) groups is 1. The van der Waals surface area contributed by atoms with Crippen LogP contribution in [0.5, 0.6) is 0 Å². The minimum absolute atomic E-state index is 0.00646. The van der Waals surface area contributed by atoms with Crippen molar-refractivity contribution in [2.45, 2.75) is 38.9 Å². The molecule has 0 aliphatic carbocycles. The van der Waals surface area contributed by atoms with E-state index in [2.05, 4.69) is 39.7 Å². The lowest BCUT2D eigenvalue weighted by molar-refractivity contribution is 0.338. The Labute approximate surface area is 86.2 Å². The van der Waals surface area contributed by atoms with Gasteiger partial charge in [0.2, 0.25) is 0 Å². The fraction of sp³-hybridized carbons (Fsp3) is 0.667. The summed E-state index contributed by atoms with van der Waals surface area (Å²) in [6.45, 7) is 8.87. The van der Waals surface area contributed by atoms with Gasteiger partial charge in [-0.05, 0) is 18.8 Å². The summed E-state index contributed by atoms with van der Waals surface area (Å²) in [5.74, 6) is 4.08. The molecule has 1 rings (SSSR count). The Kier molecular flexibility index (Phi) is 2.82. The molecule has 0 aromatic rings. The van der Waals surface area contributed by atoms with Gasteiger partial charge in [-0.2, -0.15) is 0 Å². The normalized spacial score (nSPS) is 29.3. The molecule has 13 heavy (non-hydrogen) atoms. The number of hydrogen-bond acceptors (Lipinski definition) is 1. The molecule has 1 unspecified atom stereocenters. The van der Waals surface area contributed by atoms with Crippen LogP contribution >= 0.6 is 11.8 Å². The molecule has 0 N–H and O–H groups in total. The highest BCUT2D eigenvalue weighted by atomic mass is 32.2. The average molecular weight is 194 g/mol. The molecular formula is C12H18S. The van der Waals surface area contributed by atoms with Crippen LogP contribution in [0.2, 0.25) is 0 Å². The SMILES string of the molecule is C#CC1(C(C)(C)C)CC=C(C)CS1. The highest BCUT2D eigenvalue weighted by Crippen LogP contribution is 2.47. The van der Waals surface area contributed by atoms with Crippen LogP contribution in [0.1, 0.15) is 34.1 Å². The van der Waals surface area contributed by atoms with Gasteiger partial charge < -0.3 is 0 Å². The second-order valence-electron chi connectivity index (χ2n) is 4.76. The Morgan fingerprint density at radius 3 is 2.46 bits per heavy atom. The molecule has 0 fully saturated rings. The van der Waals surface area contributed by atoms with E-state index in [0.29, 0.717) is 0 Å². The molecule has 0 spiro atoms. The zero-order chi connectivity index (χ0) is 10.1. The maximum absolute atomic E-state index is 5.67. The van der Waals surface area contributed by atoms with E-state index in [0.717, 1.165) is 12.2 Å². The molecule has 0 aromatic heterocycles. The largest absolute Gasteiger partial charge is 0.137 e. The van der Waals surface area contributed by atoms with E-state index in [1.54, 1.807) is 0 Å². The maximum atomic E-state index is 5.67. The van der Waals surface area contributed by atoms with Crippen LogP contribution in [-0.4, -0.2) is 10.5 Å².